The maximum Gasteiger partial charge on any atom is 0.214 e. The van der Waals surface area contributed by atoms with E-state index < -0.39 is 10.0 Å². The largest absolute Gasteiger partial charge is 0.248 e. The lowest BCUT2D eigenvalue weighted by atomic mass is 10.2. The molecule has 0 amide bonds. The number of thiazole rings is 1. The van der Waals surface area contributed by atoms with Crippen LogP contribution in [0, 0.1) is 0 Å². The van der Waals surface area contributed by atoms with Gasteiger partial charge in [-0.25, -0.2) is 13.4 Å². The summed E-state index contributed by atoms with van der Waals surface area (Å²) in [6.07, 6.45) is 3.56. The summed E-state index contributed by atoms with van der Waals surface area (Å²) in [6.45, 7) is 2.33. The van der Waals surface area contributed by atoms with Gasteiger partial charge in [-0.3, -0.25) is 0 Å². The van der Waals surface area contributed by atoms with Crippen molar-refractivity contribution in [1.82, 2.24) is 9.29 Å². The van der Waals surface area contributed by atoms with Crippen molar-refractivity contribution < 1.29 is 8.42 Å². The van der Waals surface area contributed by atoms with Crippen molar-refractivity contribution in [3.63, 3.8) is 0 Å². The molecule has 1 aliphatic rings. The number of sulfonamides is 1. The van der Waals surface area contributed by atoms with Crippen LogP contribution >= 0.6 is 11.3 Å². The van der Waals surface area contributed by atoms with Gasteiger partial charge in [-0.15, -0.1) is 11.3 Å². The fraction of sp³-hybridized carbons (Fsp3) is 0.667. The first kappa shape index (κ1) is 11.0. The molecule has 1 fully saturated rings. The molecule has 1 aliphatic heterocycles. The maximum absolute atomic E-state index is 11.8. The highest BCUT2D eigenvalue weighted by Crippen LogP contribution is 2.35. The van der Waals surface area contributed by atoms with Gasteiger partial charge in [0.05, 0.1) is 11.8 Å². The Morgan fingerprint density at radius 3 is 3.07 bits per heavy atom. The molecule has 1 aromatic rings. The molecule has 15 heavy (non-hydrogen) atoms. The van der Waals surface area contributed by atoms with Crippen molar-refractivity contribution in [3.8, 4) is 0 Å². The third-order valence-electron chi connectivity index (χ3n) is 2.66. The second-order valence-electron chi connectivity index (χ2n) is 3.54. The molecule has 0 radical (unpaired) electrons. The summed E-state index contributed by atoms with van der Waals surface area (Å²) >= 11 is 1.53. The minimum absolute atomic E-state index is 0.0186. The van der Waals surface area contributed by atoms with Gasteiger partial charge in [0.2, 0.25) is 10.0 Å². The van der Waals surface area contributed by atoms with Gasteiger partial charge < -0.3 is 0 Å². The zero-order chi connectivity index (χ0) is 10.9. The SMILES string of the molecule is CCS(=O)(=O)N1CCCC1c1nccs1. The fourth-order valence-corrected chi connectivity index (χ4v) is 4.07. The van der Waals surface area contributed by atoms with Gasteiger partial charge in [0, 0.05) is 18.1 Å². The summed E-state index contributed by atoms with van der Waals surface area (Å²) in [7, 11) is -3.07. The molecule has 1 atom stereocenters. The summed E-state index contributed by atoms with van der Waals surface area (Å²) < 4.78 is 25.2. The van der Waals surface area contributed by atoms with Gasteiger partial charge in [0.1, 0.15) is 5.01 Å². The van der Waals surface area contributed by atoms with Crippen molar-refractivity contribution in [2.24, 2.45) is 0 Å². The van der Waals surface area contributed by atoms with Crippen LogP contribution in [0.5, 0.6) is 0 Å². The Hall–Kier alpha value is -0.460. The van der Waals surface area contributed by atoms with Gasteiger partial charge in [-0.05, 0) is 19.8 Å². The lowest BCUT2D eigenvalue weighted by molar-refractivity contribution is 0.396. The van der Waals surface area contributed by atoms with E-state index in [2.05, 4.69) is 4.98 Å². The van der Waals surface area contributed by atoms with Crippen LogP contribution in [0.4, 0.5) is 0 Å². The maximum atomic E-state index is 11.8. The molecule has 2 heterocycles. The molecule has 0 saturated carbocycles. The van der Waals surface area contributed by atoms with E-state index in [0.29, 0.717) is 6.54 Å². The van der Waals surface area contributed by atoms with Crippen molar-refractivity contribution in [2.75, 3.05) is 12.3 Å². The third-order valence-corrected chi connectivity index (χ3v) is 5.42. The Morgan fingerprint density at radius 2 is 2.47 bits per heavy atom. The van der Waals surface area contributed by atoms with E-state index >= 15 is 0 Å². The monoisotopic (exact) mass is 246 g/mol. The number of aromatic nitrogens is 1. The van der Waals surface area contributed by atoms with Crippen molar-refractivity contribution in [1.29, 1.82) is 0 Å². The third kappa shape index (κ3) is 2.07. The molecule has 0 aromatic carbocycles. The van der Waals surface area contributed by atoms with Crippen LogP contribution in [-0.4, -0.2) is 30.0 Å². The molecule has 1 aromatic heterocycles. The standard InChI is InChI=1S/C9H14N2O2S2/c1-2-15(12,13)11-6-3-4-8(11)9-10-5-7-14-9/h5,7-8H,2-4,6H2,1H3. The van der Waals surface area contributed by atoms with Crippen LogP contribution in [0.3, 0.4) is 0 Å². The Bertz CT molecular complexity index is 413. The first-order valence-electron chi connectivity index (χ1n) is 5.04. The van der Waals surface area contributed by atoms with Gasteiger partial charge >= 0.3 is 0 Å². The second kappa shape index (κ2) is 4.19. The van der Waals surface area contributed by atoms with Gasteiger partial charge in [-0.2, -0.15) is 4.31 Å². The zero-order valence-electron chi connectivity index (χ0n) is 8.59. The van der Waals surface area contributed by atoms with Crippen LogP contribution in [0.25, 0.3) is 0 Å². The van der Waals surface area contributed by atoms with Gasteiger partial charge in [0.15, 0.2) is 0 Å². The fourth-order valence-electron chi connectivity index (χ4n) is 1.88. The van der Waals surface area contributed by atoms with Crippen LogP contribution in [-0.2, 0) is 10.0 Å². The van der Waals surface area contributed by atoms with Crippen molar-refractivity contribution in [2.45, 2.75) is 25.8 Å². The van der Waals surface area contributed by atoms with E-state index in [4.69, 9.17) is 0 Å². The average Bonchev–Trinajstić information content (AvgIpc) is 2.87. The van der Waals surface area contributed by atoms with Crippen LogP contribution in [0.1, 0.15) is 30.8 Å². The predicted octanol–water partition coefficient (Wildman–Crippen LogP) is 1.63. The highest BCUT2D eigenvalue weighted by molar-refractivity contribution is 7.89. The number of hydrogen-bond acceptors (Lipinski definition) is 4. The Kier molecular flexibility index (Phi) is 3.08. The molecule has 0 spiro atoms. The minimum atomic E-state index is -3.07. The molecular weight excluding hydrogens is 232 g/mol. The topological polar surface area (TPSA) is 50.3 Å². The Balaban J connectivity index is 2.27. The quantitative estimate of drug-likeness (QED) is 0.814. The highest BCUT2D eigenvalue weighted by atomic mass is 32.2. The van der Waals surface area contributed by atoms with E-state index in [1.165, 1.54) is 11.3 Å². The molecule has 6 heteroatoms. The van der Waals surface area contributed by atoms with E-state index in [-0.39, 0.29) is 11.8 Å². The lowest BCUT2D eigenvalue weighted by Crippen LogP contribution is -2.31. The van der Waals surface area contributed by atoms with E-state index in [1.807, 2.05) is 5.38 Å². The number of nitrogens with zero attached hydrogens (tertiary/aromatic N) is 2. The molecule has 4 nitrogen and oxygen atoms in total. The van der Waals surface area contributed by atoms with Gasteiger partial charge in [-0.1, -0.05) is 0 Å². The average molecular weight is 246 g/mol. The smallest absolute Gasteiger partial charge is 0.214 e. The van der Waals surface area contributed by atoms with Crippen LogP contribution in [0.15, 0.2) is 11.6 Å². The Morgan fingerprint density at radius 1 is 1.67 bits per heavy atom. The molecule has 2 rings (SSSR count). The highest BCUT2D eigenvalue weighted by Gasteiger charge is 2.35. The molecular formula is C9H14N2O2S2. The summed E-state index contributed by atoms with van der Waals surface area (Å²) in [5.74, 6) is 0.175. The molecule has 0 aliphatic carbocycles. The summed E-state index contributed by atoms with van der Waals surface area (Å²) in [4.78, 5) is 4.21. The molecule has 0 bridgehead atoms. The zero-order valence-corrected chi connectivity index (χ0v) is 10.2. The van der Waals surface area contributed by atoms with Crippen molar-refractivity contribution >= 4 is 21.4 Å². The normalized spacial score (nSPS) is 23.4. The first-order valence-corrected chi connectivity index (χ1v) is 7.53. The van der Waals surface area contributed by atoms with E-state index in [0.717, 1.165) is 17.8 Å². The first-order chi connectivity index (χ1) is 7.15. The van der Waals surface area contributed by atoms with E-state index in [1.54, 1.807) is 17.4 Å². The second-order valence-corrected chi connectivity index (χ2v) is 6.68. The Labute approximate surface area is 94.0 Å². The van der Waals surface area contributed by atoms with Crippen LogP contribution in [0.2, 0.25) is 0 Å². The molecule has 1 saturated heterocycles. The van der Waals surface area contributed by atoms with Crippen LogP contribution < -0.4 is 0 Å². The minimum Gasteiger partial charge on any atom is -0.248 e. The van der Waals surface area contributed by atoms with E-state index in [9.17, 15) is 8.42 Å². The molecule has 0 N–H and O–H groups in total. The molecule has 84 valence electrons. The summed E-state index contributed by atoms with van der Waals surface area (Å²) in [5.41, 5.74) is 0. The molecule has 1 unspecified atom stereocenters. The van der Waals surface area contributed by atoms with Crippen molar-refractivity contribution in [3.05, 3.63) is 16.6 Å². The number of rotatable bonds is 3. The van der Waals surface area contributed by atoms with Gasteiger partial charge in [0.25, 0.3) is 0 Å². The summed E-state index contributed by atoms with van der Waals surface area (Å²) in [5, 5.41) is 2.81. The number of hydrogen-bond donors (Lipinski definition) is 0. The predicted molar refractivity (Wildman–Crippen MR) is 60.3 cm³/mol. The lowest BCUT2D eigenvalue weighted by Gasteiger charge is -2.21. The summed E-state index contributed by atoms with van der Waals surface area (Å²) in [6, 6.07) is -0.0186.